The van der Waals surface area contributed by atoms with Gasteiger partial charge in [-0.2, -0.15) is 13.2 Å². The molecule has 2 aromatic rings. The molecule has 0 bridgehead atoms. The molecule has 2 atom stereocenters. The second-order valence-electron chi connectivity index (χ2n) is 6.63. The largest absolute Gasteiger partial charge is 0.406 e. The van der Waals surface area contributed by atoms with Crippen molar-refractivity contribution in [2.45, 2.75) is 25.1 Å². The van der Waals surface area contributed by atoms with Gasteiger partial charge in [0, 0.05) is 25.4 Å². The van der Waals surface area contributed by atoms with Crippen LogP contribution in [0.2, 0.25) is 5.02 Å². The molecular weight excluding hydrogens is 416 g/mol. The summed E-state index contributed by atoms with van der Waals surface area (Å²) >= 11 is 5.99. The quantitative estimate of drug-likeness (QED) is 0.707. The number of nitrogens with one attached hydrogen (secondary N) is 2. The third kappa shape index (κ3) is 4.84. The van der Waals surface area contributed by atoms with Gasteiger partial charge in [0.1, 0.15) is 24.2 Å². The lowest BCUT2D eigenvalue weighted by molar-refractivity contribution is -0.158. The molecule has 0 saturated carbocycles. The lowest BCUT2D eigenvalue weighted by atomic mass is 10.0. The molecule has 1 aliphatic rings. The van der Waals surface area contributed by atoms with E-state index in [4.69, 9.17) is 11.6 Å². The maximum atomic E-state index is 14.2. The van der Waals surface area contributed by atoms with Crippen molar-refractivity contribution in [1.29, 1.82) is 0 Å². The van der Waals surface area contributed by atoms with Crippen LogP contribution in [0.3, 0.4) is 0 Å². The van der Waals surface area contributed by atoms with E-state index in [2.05, 4.69) is 25.6 Å². The Labute approximate surface area is 168 Å². The van der Waals surface area contributed by atoms with Gasteiger partial charge in [0.25, 0.3) is 0 Å². The topological polar surface area (TPSA) is 83.0 Å². The van der Waals surface area contributed by atoms with Gasteiger partial charge in [-0.15, -0.1) is 0 Å². The Balaban J connectivity index is 1.79. The van der Waals surface area contributed by atoms with Gasteiger partial charge in [0.05, 0.1) is 17.1 Å². The molecule has 1 aliphatic heterocycles. The van der Waals surface area contributed by atoms with E-state index in [1.54, 1.807) is 6.07 Å². The van der Waals surface area contributed by atoms with Crippen molar-refractivity contribution < 1.29 is 22.4 Å². The minimum Gasteiger partial charge on any atom is -0.369 e. The van der Waals surface area contributed by atoms with E-state index >= 15 is 0 Å². The molecule has 0 radical (unpaired) electrons. The van der Waals surface area contributed by atoms with Crippen molar-refractivity contribution in [3.8, 4) is 0 Å². The standard InChI is InChI=1S/C17H17ClF4N6O/c1-8(16(29)28(2)7-17(20,21)22)26-15-12(19)6-25-14(27-15)11-5-24-13-10(11)3-9(18)4-23-13/h3-4,6,8,11H,5,7H2,1-2H3,(H,23,24)(H,25,26,27)/t8-,11?/m1/s1. The third-order valence-corrected chi connectivity index (χ3v) is 4.53. The minimum atomic E-state index is -4.53. The number of rotatable bonds is 5. The SMILES string of the molecule is C[C@@H](Nc1nc(C2CNc3ncc(Cl)cc32)ncc1F)C(=O)N(C)CC(F)(F)F. The van der Waals surface area contributed by atoms with Gasteiger partial charge in [0.2, 0.25) is 5.91 Å². The molecule has 0 saturated heterocycles. The van der Waals surface area contributed by atoms with Gasteiger partial charge < -0.3 is 15.5 Å². The maximum Gasteiger partial charge on any atom is 0.406 e. The zero-order valence-corrected chi connectivity index (χ0v) is 16.1. The number of nitrogens with zero attached hydrogens (tertiary/aromatic N) is 4. The second kappa shape index (κ2) is 7.97. The Hall–Kier alpha value is -2.69. The zero-order valence-electron chi connectivity index (χ0n) is 15.4. The fraction of sp³-hybridized carbons (Fsp3) is 0.412. The lowest BCUT2D eigenvalue weighted by Crippen LogP contribution is -2.43. The van der Waals surface area contributed by atoms with E-state index in [1.807, 2.05) is 0 Å². The van der Waals surface area contributed by atoms with E-state index in [9.17, 15) is 22.4 Å². The van der Waals surface area contributed by atoms with Crippen molar-refractivity contribution in [1.82, 2.24) is 19.9 Å². The van der Waals surface area contributed by atoms with Crippen molar-refractivity contribution in [3.05, 3.63) is 40.7 Å². The Bertz CT molecular complexity index is 925. The van der Waals surface area contributed by atoms with Gasteiger partial charge in [-0.1, -0.05) is 11.6 Å². The van der Waals surface area contributed by atoms with Crippen molar-refractivity contribution in [2.75, 3.05) is 30.8 Å². The molecule has 12 heteroatoms. The average molecular weight is 433 g/mol. The fourth-order valence-electron chi connectivity index (χ4n) is 3.00. The van der Waals surface area contributed by atoms with Gasteiger partial charge >= 0.3 is 6.18 Å². The summed E-state index contributed by atoms with van der Waals surface area (Å²) in [4.78, 5) is 25.0. The molecule has 2 N–H and O–H groups in total. The number of fused-ring (bicyclic) bond motifs is 1. The molecule has 0 aliphatic carbocycles. The van der Waals surface area contributed by atoms with Crippen LogP contribution >= 0.6 is 11.6 Å². The molecule has 7 nitrogen and oxygen atoms in total. The van der Waals surface area contributed by atoms with Crippen LogP contribution in [-0.4, -0.2) is 58.1 Å². The number of pyridine rings is 1. The van der Waals surface area contributed by atoms with Gasteiger partial charge in [-0.3, -0.25) is 4.79 Å². The molecule has 2 aromatic heterocycles. The number of carbonyl (C=O) groups excluding carboxylic acids is 1. The number of hydrogen-bond acceptors (Lipinski definition) is 6. The number of aromatic nitrogens is 3. The van der Waals surface area contributed by atoms with Crippen LogP contribution in [0.25, 0.3) is 0 Å². The monoisotopic (exact) mass is 432 g/mol. The second-order valence-corrected chi connectivity index (χ2v) is 7.06. The van der Waals surface area contributed by atoms with Gasteiger partial charge in [0.15, 0.2) is 11.6 Å². The highest BCUT2D eigenvalue weighted by Gasteiger charge is 2.33. The van der Waals surface area contributed by atoms with Gasteiger partial charge in [-0.05, 0) is 13.0 Å². The predicted molar refractivity (Wildman–Crippen MR) is 98.3 cm³/mol. The summed E-state index contributed by atoms with van der Waals surface area (Å²) in [5.41, 5.74) is 0.740. The van der Waals surface area contributed by atoms with E-state index in [1.165, 1.54) is 13.1 Å². The Morgan fingerprint density at radius 1 is 1.41 bits per heavy atom. The molecular formula is C17H17ClF4N6O. The number of anilines is 2. The Morgan fingerprint density at radius 3 is 2.83 bits per heavy atom. The fourth-order valence-corrected chi connectivity index (χ4v) is 3.17. The molecule has 29 heavy (non-hydrogen) atoms. The number of carbonyl (C=O) groups is 1. The molecule has 1 unspecified atom stereocenters. The van der Waals surface area contributed by atoms with Gasteiger partial charge in [-0.25, -0.2) is 19.3 Å². The van der Waals surface area contributed by atoms with Crippen LogP contribution in [0.15, 0.2) is 18.5 Å². The van der Waals surface area contributed by atoms with Crippen LogP contribution in [-0.2, 0) is 4.79 Å². The maximum absolute atomic E-state index is 14.2. The van der Waals surface area contributed by atoms with Crippen LogP contribution in [0.1, 0.15) is 24.2 Å². The summed E-state index contributed by atoms with van der Waals surface area (Å²) in [5.74, 6) is -1.45. The summed E-state index contributed by atoms with van der Waals surface area (Å²) in [6, 6.07) is 0.566. The molecule has 0 aromatic carbocycles. The van der Waals surface area contributed by atoms with Crippen LogP contribution in [0.4, 0.5) is 29.2 Å². The number of amides is 1. The number of likely N-dealkylation sites (N-methyl/N-ethyl adjacent to an activating group) is 1. The first kappa shape index (κ1) is 21.0. The van der Waals surface area contributed by atoms with Crippen LogP contribution in [0.5, 0.6) is 0 Å². The first-order valence-electron chi connectivity index (χ1n) is 8.55. The highest BCUT2D eigenvalue weighted by atomic mass is 35.5. The minimum absolute atomic E-state index is 0.257. The van der Waals surface area contributed by atoms with Crippen molar-refractivity contribution in [2.24, 2.45) is 0 Å². The van der Waals surface area contributed by atoms with Crippen molar-refractivity contribution in [3.63, 3.8) is 0 Å². The van der Waals surface area contributed by atoms with Crippen LogP contribution in [0, 0.1) is 5.82 Å². The molecule has 3 heterocycles. The average Bonchev–Trinajstić information content (AvgIpc) is 3.04. The summed E-state index contributed by atoms with van der Waals surface area (Å²) in [6.45, 7) is 0.330. The third-order valence-electron chi connectivity index (χ3n) is 4.32. The number of halogens is 5. The first-order chi connectivity index (χ1) is 13.5. The number of hydrogen-bond donors (Lipinski definition) is 2. The Kier molecular flexibility index (Phi) is 5.78. The summed E-state index contributed by atoms with van der Waals surface area (Å²) in [6.07, 6.45) is -2.11. The highest BCUT2D eigenvalue weighted by Crippen LogP contribution is 2.35. The molecule has 0 fully saturated rings. The Morgan fingerprint density at radius 2 is 2.14 bits per heavy atom. The van der Waals surface area contributed by atoms with Crippen LogP contribution < -0.4 is 10.6 Å². The summed E-state index contributed by atoms with van der Waals surface area (Å²) < 4.78 is 51.6. The molecule has 3 rings (SSSR count). The smallest absolute Gasteiger partial charge is 0.369 e. The molecule has 0 spiro atoms. The highest BCUT2D eigenvalue weighted by molar-refractivity contribution is 6.30. The molecule has 156 valence electrons. The van der Waals surface area contributed by atoms with Crippen molar-refractivity contribution >= 4 is 29.1 Å². The number of alkyl halides is 3. The summed E-state index contributed by atoms with van der Waals surface area (Å²) in [5, 5.41) is 6.02. The molecule has 1 amide bonds. The van der Waals surface area contributed by atoms with E-state index in [-0.39, 0.29) is 17.6 Å². The van der Waals surface area contributed by atoms with E-state index < -0.39 is 30.5 Å². The summed E-state index contributed by atoms with van der Waals surface area (Å²) in [7, 11) is 1.02. The zero-order chi connectivity index (χ0) is 21.3. The van der Waals surface area contributed by atoms with E-state index in [0.29, 0.717) is 22.3 Å². The lowest BCUT2D eigenvalue weighted by Gasteiger charge is -2.23. The van der Waals surface area contributed by atoms with E-state index in [0.717, 1.165) is 18.8 Å². The first-order valence-corrected chi connectivity index (χ1v) is 8.93. The predicted octanol–water partition coefficient (Wildman–Crippen LogP) is 3.04. The normalized spacial score (nSPS) is 16.7.